The summed E-state index contributed by atoms with van der Waals surface area (Å²) in [4.78, 5) is 9.11. The molecule has 0 saturated carbocycles. The Bertz CT molecular complexity index is 1070. The van der Waals surface area contributed by atoms with Crippen molar-refractivity contribution >= 4 is 44.1 Å². The molecular weight excluding hydrogens is 359 g/mol. The summed E-state index contributed by atoms with van der Waals surface area (Å²) in [5, 5.41) is 2.25. The largest absolute Gasteiger partial charge is 0.492 e. The Labute approximate surface area is 153 Å². The van der Waals surface area contributed by atoms with E-state index in [1.54, 1.807) is 13.1 Å². The van der Waals surface area contributed by atoms with E-state index in [9.17, 15) is 4.39 Å². The summed E-state index contributed by atoms with van der Waals surface area (Å²) in [5.74, 6) is 0.449. The second-order valence-corrected chi connectivity index (χ2v) is 7.18. The molecule has 2 aromatic heterocycles. The number of thiazole rings is 1. The molecule has 6 heteroatoms. The number of hydrogen-bond donors (Lipinski definition) is 0. The summed E-state index contributed by atoms with van der Waals surface area (Å²) in [7, 11) is 0. The van der Waals surface area contributed by atoms with E-state index in [0.717, 1.165) is 26.2 Å². The van der Waals surface area contributed by atoms with Crippen molar-refractivity contribution in [3.8, 4) is 16.3 Å². The number of rotatable bonds is 3. The van der Waals surface area contributed by atoms with Gasteiger partial charge in [0.1, 0.15) is 16.6 Å². The Hall–Kier alpha value is -2.24. The zero-order valence-corrected chi connectivity index (χ0v) is 15.2. The second kappa shape index (κ2) is 6.24. The molecular formula is C19H14ClFN2OS. The third-order valence-electron chi connectivity index (χ3n) is 3.93. The van der Waals surface area contributed by atoms with Gasteiger partial charge in [0.2, 0.25) is 0 Å². The molecule has 0 aliphatic rings. The Morgan fingerprint density at radius 1 is 1.20 bits per heavy atom. The maximum Gasteiger partial charge on any atom is 0.138 e. The van der Waals surface area contributed by atoms with E-state index in [0.29, 0.717) is 28.5 Å². The highest BCUT2D eigenvalue weighted by atomic mass is 35.5. The van der Waals surface area contributed by atoms with Crippen LogP contribution in [-0.2, 0) is 0 Å². The van der Waals surface area contributed by atoms with Gasteiger partial charge in [-0.05, 0) is 43.7 Å². The number of benzene rings is 2. The fraction of sp³-hybridized carbons (Fsp3) is 0.158. The fourth-order valence-corrected chi connectivity index (χ4v) is 4.06. The van der Waals surface area contributed by atoms with Crippen molar-refractivity contribution < 1.29 is 9.13 Å². The van der Waals surface area contributed by atoms with Crippen LogP contribution >= 0.6 is 22.9 Å². The van der Waals surface area contributed by atoms with Crippen LogP contribution < -0.4 is 4.74 Å². The van der Waals surface area contributed by atoms with E-state index < -0.39 is 0 Å². The van der Waals surface area contributed by atoms with Crippen molar-refractivity contribution in [3.63, 3.8) is 0 Å². The molecule has 0 spiro atoms. The Morgan fingerprint density at radius 3 is 2.84 bits per heavy atom. The van der Waals surface area contributed by atoms with E-state index in [1.807, 2.05) is 31.2 Å². The number of aromatic nitrogens is 2. The molecule has 25 heavy (non-hydrogen) atoms. The quantitative estimate of drug-likeness (QED) is 0.441. The molecule has 0 amide bonds. The van der Waals surface area contributed by atoms with Crippen LogP contribution in [0.3, 0.4) is 0 Å². The normalized spacial score (nSPS) is 11.4. The van der Waals surface area contributed by atoms with E-state index in [2.05, 4.69) is 9.97 Å². The minimum absolute atomic E-state index is 0.250. The zero-order chi connectivity index (χ0) is 17.6. The highest BCUT2D eigenvalue weighted by Crippen LogP contribution is 2.37. The molecule has 2 heterocycles. The van der Waals surface area contributed by atoms with Crippen LogP contribution in [0.1, 0.15) is 12.5 Å². The minimum Gasteiger partial charge on any atom is -0.492 e. The van der Waals surface area contributed by atoms with Gasteiger partial charge in [0, 0.05) is 22.0 Å². The summed E-state index contributed by atoms with van der Waals surface area (Å²) in [6, 6.07) is 8.90. The van der Waals surface area contributed by atoms with Crippen molar-refractivity contribution in [2.45, 2.75) is 13.8 Å². The van der Waals surface area contributed by atoms with Gasteiger partial charge >= 0.3 is 0 Å². The molecule has 0 bridgehead atoms. The van der Waals surface area contributed by atoms with Gasteiger partial charge in [-0.1, -0.05) is 11.6 Å². The van der Waals surface area contributed by atoms with Gasteiger partial charge in [-0.3, -0.25) is 4.98 Å². The zero-order valence-electron chi connectivity index (χ0n) is 13.6. The minimum atomic E-state index is -0.250. The molecule has 4 rings (SSSR count). The fourth-order valence-electron chi connectivity index (χ4n) is 2.77. The van der Waals surface area contributed by atoms with Gasteiger partial charge in [0.25, 0.3) is 0 Å². The third-order valence-corrected chi connectivity index (χ3v) is 5.20. The van der Waals surface area contributed by atoms with Crippen LogP contribution in [0.2, 0.25) is 5.02 Å². The van der Waals surface area contributed by atoms with E-state index in [-0.39, 0.29) is 5.82 Å². The Balaban J connectivity index is 1.93. The van der Waals surface area contributed by atoms with Gasteiger partial charge in [0.05, 0.1) is 28.5 Å². The molecule has 0 aliphatic carbocycles. The molecule has 4 aromatic rings. The van der Waals surface area contributed by atoms with Gasteiger partial charge < -0.3 is 4.74 Å². The lowest BCUT2D eigenvalue weighted by atomic mass is 10.1. The van der Waals surface area contributed by atoms with E-state index in [1.165, 1.54) is 17.4 Å². The number of aryl methyl sites for hydroxylation is 1. The van der Waals surface area contributed by atoms with Crippen LogP contribution in [-0.4, -0.2) is 16.6 Å². The Kier molecular flexibility index (Phi) is 4.06. The SMILES string of the molecule is CCOc1cnc2c(-c3nc4cc(F)c(C)cc4s3)cc(Cl)cc2c1. The maximum atomic E-state index is 13.8. The average molecular weight is 373 g/mol. The van der Waals surface area contributed by atoms with Gasteiger partial charge in [-0.2, -0.15) is 0 Å². The molecule has 3 nitrogen and oxygen atoms in total. The second-order valence-electron chi connectivity index (χ2n) is 5.72. The standard InChI is InChI=1S/C19H14ClFN2OS/c1-3-24-13-6-11-5-12(20)7-14(18(11)22-9-13)19-23-16-8-15(21)10(2)4-17(16)25-19/h4-9H,3H2,1-2H3. The lowest BCUT2D eigenvalue weighted by Gasteiger charge is -2.07. The summed E-state index contributed by atoms with van der Waals surface area (Å²) in [5.41, 5.74) is 2.88. The molecule has 0 N–H and O–H groups in total. The number of pyridine rings is 1. The first-order valence-corrected chi connectivity index (χ1v) is 9.04. The van der Waals surface area contributed by atoms with Gasteiger partial charge in [0.15, 0.2) is 0 Å². The van der Waals surface area contributed by atoms with Gasteiger partial charge in [-0.15, -0.1) is 11.3 Å². The molecule has 0 saturated heterocycles. The molecule has 0 unspecified atom stereocenters. The Morgan fingerprint density at radius 2 is 2.04 bits per heavy atom. The highest BCUT2D eigenvalue weighted by molar-refractivity contribution is 7.21. The average Bonchev–Trinajstić information content (AvgIpc) is 2.97. The molecule has 0 atom stereocenters. The summed E-state index contributed by atoms with van der Waals surface area (Å²) >= 11 is 7.80. The first kappa shape index (κ1) is 16.2. The summed E-state index contributed by atoms with van der Waals surface area (Å²) in [6.07, 6.45) is 1.69. The topological polar surface area (TPSA) is 35.0 Å². The van der Waals surface area contributed by atoms with Crippen LogP contribution in [0.5, 0.6) is 5.75 Å². The van der Waals surface area contributed by atoms with E-state index in [4.69, 9.17) is 16.3 Å². The monoisotopic (exact) mass is 372 g/mol. The van der Waals surface area contributed by atoms with Crippen molar-refractivity contribution in [1.29, 1.82) is 0 Å². The van der Waals surface area contributed by atoms with Crippen LogP contribution in [0.25, 0.3) is 31.7 Å². The van der Waals surface area contributed by atoms with Crippen molar-refractivity contribution in [1.82, 2.24) is 9.97 Å². The number of ether oxygens (including phenoxy) is 1. The van der Waals surface area contributed by atoms with E-state index >= 15 is 0 Å². The lowest BCUT2D eigenvalue weighted by molar-refractivity contribution is 0.339. The number of fused-ring (bicyclic) bond motifs is 2. The number of halogens is 2. The summed E-state index contributed by atoms with van der Waals surface area (Å²) in [6.45, 7) is 4.25. The van der Waals surface area contributed by atoms with Gasteiger partial charge in [-0.25, -0.2) is 9.37 Å². The first-order valence-electron chi connectivity index (χ1n) is 7.84. The van der Waals surface area contributed by atoms with Crippen LogP contribution in [0.15, 0.2) is 36.5 Å². The lowest BCUT2D eigenvalue weighted by Crippen LogP contribution is -1.93. The first-order chi connectivity index (χ1) is 12.0. The molecule has 0 fully saturated rings. The highest BCUT2D eigenvalue weighted by Gasteiger charge is 2.14. The molecule has 0 radical (unpaired) electrons. The summed E-state index contributed by atoms with van der Waals surface area (Å²) < 4.78 is 20.3. The van der Waals surface area contributed by atoms with Crippen molar-refractivity contribution in [3.05, 3.63) is 52.9 Å². The van der Waals surface area contributed by atoms with Crippen LogP contribution in [0, 0.1) is 12.7 Å². The third kappa shape index (κ3) is 2.94. The number of nitrogens with zero attached hydrogens (tertiary/aromatic N) is 2. The molecule has 0 aliphatic heterocycles. The predicted octanol–water partition coefficient (Wildman–Crippen LogP) is 6.01. The number of hydrogen-bond acceptors (Lipinski definition) is 4. The molecule has 2 aromatic carbocycles. The molecule has 126 valence electrons. The van der Waals surface area contributed by atoms with Crippen molar-refractivity contribution in [2.75, 3.05) is 6.61 Å². The van der Waals surface area contributed by atoms with Crippen LogP contribution in [0.4, 0.5) is 4.39 Å². The van der Waals surface area contributed by atoms with Crippen molar-refractivity contribution in [2.24, 2.45) is 0 Å². The predicted molar refractivity (Wildman–Crippen MR) is 101 cm³/mol. The maximum absolute atomic E-state index is 13.8. The smallest absolute Gasteiger partial charge is 0.138 e.